The molecule has 2 aromatic carbocycles. The van der Waals surface area contributed by atoms with Gasteiger partial charge in [0.25, 0.3) is 0 Å². The van der Waals surface area contributed by atoms with Crippen molar-refractivity contribution in [2.75, 3.05) is 38.2 Å². The fourth-order valence-corrected chi connectivity index (χ4v) is 6.85. The van der Waals surface area contributed by atoms with Crippen molar-refractivity contribution in [1.29, 1.82) is 0 Å². The molecule has 8 heteroatoms. The number of hydrogen-bond acceptors (Lipinski definition) is 6. The highest BCUT2D eigenvalue weighted by atomic mass is 32.2. The third kappa shape index (κ3) is 5.18. The van der Waals surface area contributed by atoms with Gasteiger partial charge in [-0.05, 0) is 63.4 Å². The molecule has 0 saturated carbocycles. The molecule has 1 saturated heterocycles. The summed E-state index contributed by atoms with van der Waals surface area (Å²) < 4.78 is 34.1. The summed E-state index contributed by atoms with van der Waals surface area (Å²) in [5.74, 6) is 2.42. The van der Waals surface area contributed by atoms with Gasteiger partial charge in [0.05, 0.1) is 12.0 Å². The van der Waals surface area contributed by atoms with Gasteiger partial charge in [-0.15, -0.1) is 0 Å². The molecule has 0 atom stereocenters. The van der Waals surface area contributed by atoms with Gasteiger partial charge in [-0.1, -0.05) is 29.8 Å². The molecule has 4 rings (SSSR count). The summed E-state index contributed by atoms with van der Waals surface area (Å²) in [6.45, 7) is 11.6. The number of nitrogens with zero attached hydrogens (tertiary/aromatic N) is 4. The van der Waals surface area contributed by atoms with Crippen molar-refractivity contribution in [2.24, 2.45) is 0 Å². The molecule has 0 spiro atoms. The molecule has 1 aliphatic heterocycles. The molecular weight excluding hydrogens is 460 g/mol. The maximum atomic E-state index is 13.5. The highest BCUT2D eigenvalue weighted by Gasteiger charge is 2.32. The second-order valence-corrected chi connectivity index (χ2v) is 11.2. The minimum atomic E-state index is -3.57. The van der Waals surface area contributed by atoms with E-state index in [-0.39, 0.29) is 0 Å². The molecule has 0 aliphatic carbocycles. The van der Waals surface area contributed by atoms with E-state index in [1.54, 1.807) is 11.4 Å². The molecule has 0 amide bonds. The Labute approximate surface area is 208 Å². The quantitative estimate of drug-likeness (QED) is 0.513. The summed E-state index contributed by atoms with van der Waals surface area (Å²) in [5, 5.41) is 0. The van der Waals surface area contributed by atoms with E-state index >= 15 is 0 Å². The van der Waals surface area contributed by atoms with Crippen molar-refractivity contribution in [3.8, 4) is 5.75 Å². The van der Waals surface area contributed by atoms with E-state index in [4.69, 9.17) is 9.72 Å². The van der Waals surface area contributed by atoms with Gasteiger partial charge in [-0.25, -0.2) is 18.4 Å². The van der Waals surface area contributed by atoms with Crippen LogP contribution in [-0.2, 0) is 16.4 Å². The Morgan fingerprint density at radius 1 is 0.914 bits per heavy atom. The number of benzene rings is 2. The fraction of sp³-hybridized carbons (Fsp3) is 0.407. The van der Waals surface area contributed by atoms with Gasteiger partial charge in [-0.2, -0.15) is 4.31 Å². The highest BCUT2D eigenvalue weighted by molar-refractivity contribution is 7.89. The first-order chi connectivity index (χ1) is 16.6. The van der Waals surface area contributed by atoms with Crippen molar-refractivity contribution in [3.63, 3.8) is 0 Å². The molecule has 186 valence electrons. The SMILES string of the molecule is COc1cccc(Cc2c(C)nc(C)nc2N2CCN(S(=O)(=O)c3c(C)cc(C)cc3C)CC2)c1. The first-order valence-electron chi connectivity index (χ1n) is 11.9. The summed E-state index contributed by atoms with van der Waals surface area (Å²) in [4.78, 5) is 12.0. The number of anilines is 1. The summed E-state index contributed by atoms with van der Waals surface area (Å²) >= 11 is 0. The lowest BCUT2D eigenvalue weighted by Gasteiger charge is -2.36. The predicted molar refractivity (Wildman–Crippen MR) is 139 cm³/mol. The zero-order valence-electron chi connectivity index (χ0n) is 21.4. The van der Waals surface area contributed by atoms with Crippen LogP contribution in [0.5, 0.6) is 5.75 Å². The smallest absolute Gasteiger partial charge is 0.243 e. The maximum Gasteiger partial charge on any atom is 0.243 e. The van der Waals surface area contributed by atoms with Crippen molar-refractivity contribution in [1.82, 2.24) is 14.3 Å². The monoisotopic (exact) mass is 494 g/mol. The average molecular weight is 495 g/mol. The van der Waals surface area contributed by atoms with Crippen LogP contribution in [0.15, 0.2) is 41.3 Å². The first kappa shape index (κ1) is 25.1. The molecule has 0 bridgehead atoms. The zero-order chi connectivity index (χ0) is 25.3. The largest absolute Gasteiger partial charge is 0.497 e. The maximum absolute atomic E-state index is 13.5. The molecule has 1 aromatic heterocycles. The standard InChI is InChI=1S/C27H34N4O3S/c1-18-14-19(2)26(20(3)15-18)35(32,33)31-12-10-30(11-13-31)27-25(21(4)28-22(5)29-27)17-23-8-7-9-24(16-23)34-6/h7-9,14-16H,10-13,17H2,1-6H3. The lowest BCUT2D eigenvalue weighted by molar-refractivity contribution is 0.383. The Morgan fingerprint density at radius 3 is 2.20 bits per heavy atom. The summed E-state index contributed by atoms with van der Waals surface area (Å²) in [6, 6.07) is 11.9. The van der Waals surface area contributed by atoms with Gasteiger partial charge in [-0.3, -0.25) is 0 Å². The van der Waals surface area contributed by atoms with Crippen LogP contribution in [0, 0.1) is 34.6 Å². The molecule has 3 aromatic rings. The van der Waals surface area contributed by atoms with Crippen molar-refractivity contribution in [3.05, 3.63) is 75.7 Å². The van der Waals surface area contributed by atoms with Crippen LogP contribution in [0.25, 0.3) is 0 Å². The first-order valence-corrected chi connectivity index (χ1v) is 13.3. The molecule has 0 N–H and O–H groups in total. The van der Waals surface area contributed by atoms with E-state index in [1.165, 1.54) is 0 Å². The third-order valence-electron chi connectivity index (χ3n) is 6.56. The normalized spacial score (nSPS) is 14.9. The minimum Gasteiger partial charge on any atom is -0.497 e. The minimum absolute atomic E-state index is 0.412. The van der Waals surface area contributed by atoms with Crippen LogP contribution in [0.3, 0.4) is 0 Å². The van der Waals surface area contributed by atoms with Gasteiger partial charge < -0.3 is 9.64 Å². The number of sulfonamides is 1. The van der Waals surface area contributed by atoms with E-state index < -0.39 is 10.0 Å². The lowest BCUT2D eigenvalue weighted by atomic mass is 10.0. The average Bonchev–Trinajstić information content (AvgIpc) is 2.80. The Bertz CT molecular complexity index is 1320. The summed E-state index contributed by atoms with van der Waals surface area (Å²) in [5.41, 5.74) is 5.79. The number of aryl methyl sites for hydroxylation is 5. The predicted octanol–water partition coefficient (Wildman–Crippen LogP) is 4.13. The molecule has 1 fully saturated rings. The Balaban J connectivity index is 1.59. The van der Waals surface area contributed by atoms with E-state index in [0.717, 1.165) is 45.1 Å². The summed E-state index contributed by atoms with van der Waals surface area (Å²) in [7, 11) is -1.90. The number of methoxy groups -OCH3 is 1. The fourth-order valence-electron chi connectivity index (χ4n) is 5.02. The Hall–Kier alpha value is -2.97. The molecule has 1 aliphatic rings. The van der Waals surface area contributed by atoms with Crippen molar-refractivity contribution in [2.45, 2.75) is 45.9 Å². The van der Waals surface area contributed by atoms with Crippen LogP contribution in [0.4, 0.5) is 5.82 Å². The van der Waals surface area contributed by atoms with E-state index in [9.17, 15) is 8.42 Å². The van der Waals surface area contributed by atoms with Crippen LogP contribution >= 0.6 is 0 Å². The zero-order valence-corrected chi connectivity index (χ0v) is 22.2. The van der Waals surface area contributed by atoms with Gasteiger partial charge in [0, 0.05) is 43.9 Å². The second kappa shape index (κ2) is 9.95. The number of rotatable bonds is 6. The number of hydrogen-bond donors (Lipinski definition) is 0. The van der Waals surface area contributed by atoms with Gasteiger partial charge in [0.1, 0.15) is 17.4 Å². The van der Waals surface area contributed by atoms with E-state index in [1.807, 2.05) is 65.0 Å². The molecular formula is C27H34N4O3S. The van der Waals surface area contributed by atoms with Crippen LogP contribution < -0.4 is 9.64 Å². The highest BCUT2D eigenvalue weighted by Crippen LogP contribution is 2.29. The van der Waals surface area contributed by atoms with Gasteiger partial charge in [0.2, 0.25) is 10.0 Å². The second-order valence-electron chi connectivity index (χ2n) is 9.31. The van der Waals surface area contributed by atoms with E-state index in [0.29, 0.717) is 43.3 Å². The lowest BCUT2D eigenvalue weighted by Crippen LogP contribution is -2.49. The molecule has 0 unspecified atom stereocenters. The van der Waals surface area contributed by atoms with Crippen LogP contribution in [0.1, 0.15) is 39.3 Å². The topological polar surface area (TPSA) is 75.6 Å². The summed E-state index contributed by atoms with van der Waals surface area (Å²) in [6.07, 6.45) is 0.679. The van der Waals surface area contributed by atoms with Crippen molar-refractivity contribution < 1.29 is 13.2 Å². The molecule has 7 nitrogen and oxygen atoms in total. The third-order valence-corrected chi connectivity index (χ3v) is 8.76. The van der Waals surface area contributed by atoms with Crippen LogP contribution in [-0.4, -0.2) is 56.0 Å². The van der Waals surface area contributed by atoms with Crippen molar-refractivity contribution >= 4 is 15.8 Å². The number of aromatic nitrogens is 2. The van der Waals surface area contributed by atoms with Gasteiger partial charge in [0.15, 0.2) is 0 Å². The Morgan fingerprint density at radius 2 is 1.57 bits per heavy atom. The number of piperazine rings is 1. The van der Waals surface area contributed by atoms with Crippen LogP contribution in [0.2, 0.25) is 0 Å². The molecule has 2 heterocycles. The number of ether oxygens (including phenoxy) is 1. The molecule has 0 radical (unpaired) electrons. The Kier molecular flexibility index (Phi) is 7.15. The van der Waals surface area contributed by atoms with Gasteiger partial charge >= 0.3 is 0 Å². The van der Waals surface area contributed by atoms with E-state index in [2.05, 4.69) is 16.0 Å². The molecule has 35 heavy (non-hydrogen) atoms.